The standard InChI is InChI=1S/C23H23N3O3/c1-2-29-22(27)12-13-25-21-14-18(24)10-11-20(21)26(23(25)28)15-17-8-5-7-16-6-3-4-9-19(16)17/h3-11,14H,2,12-13,15,24H2,1H3. The Labute approximate surface area is 168 Å². The molecule has 0 amide bonds. The number of carbonyl (C=O) groups excluding carboxylic acids is 1. The van der Waals surface area contributed by atoms with Crippen molar-refractivity contribution in [3.8, 4) is 0 Å². The van der Waals surface area contributed by atoms with Crippen LogP contribution in [0.1, 0.15) is 18.9 Å². The molecule has 6 nitrogen and oxygen atoms in total. The summed E-state index contributed by atoms with van der Waals surface area (Å²) in [5, 5.41) is 2.25. The minimum absolute atomic E-state index is 0.135. The first-order valence-corrected chi connectivity index (χ1v) is 9.69. The second-order valence-corrected chi connectivity index (χ2v) is 6.96. The van der Waals surface area contributed by atoms with E-state index in [1.54, 1.807) is 28.2 Å². The van der Waals surface area contributed by atoms with Gasteiger partial charge in [0.2, 0.25) is 0 Å². The third-order valence-corrected chi connectivity index (χ3v) is 5.10. The molecule has 0 radical (unpaired) electrons. The second kappa shape index (κ2) is 7.83. The highest BCUT2D eigenvalue weighted by molar-refractivity contribution is 5.86. The summed E-state index contributed by atoms with van der Waals surface area (Å²) in [6.45, 7) is 2.78. The highest BCUT2D eigenvalue weighted by Gasteiger charge is 2.16. The number of carbonyl (C=O) groups is 1. The van der Waals surface area contributed by atoms with Crippen LogP contribution in [0.3, 0.4) is 0 Å². The minimum atomic E-state index is -0.321. The van der Waals surface area contributed by atoms with E-state index in [1.807, 2.05) is 30.3 Å². The molecule has 0 saturated heterocycles. The van der Waals surface area contributed by atoms with Crippen molar-refractivity contribution < 1.29 is 9.53 Å². The summed E-state index contributed by atoms with van der Waals surface area (Å²) >= 11 is 0. The zero-order chi connectivity index (χ0) is 20.4. The molecule has 6 heteroatoms. The van der Waals surface area contributed by atoms with E-state index in [1.165, 1.54) is 0 Å². The summed E-state index contributed by atoms with van der Waals surface area (Å²) in [7, 11) is 0. The largest absolute Gasteiger partial charge is 0.466 e. The Balaban J connectivity index is 1.79. The fraction of sp³-hybridized carbons (Fsp3) is 0.217. The average molecular weight is 389 g/mol. The molecule has 0 unspecified atom stereocenters. The van der Waals surface area contributed by atoms with Crippen LogP contribution in [0.15, 0.2) is 65.5 Å². The van der Waals surface area contributed by atoms with Gasteiger partial charge in [-0.15, -0.1) is 0 Å². The van der Waals surface area contributed by atoms with Crippen molar-refractivity contribution in [2.75, 3.05) is 12.3 Å². The van der Waals surface area contributed by atoms with Gasteiger partial charge in [-0.1, -0.05) is 42.5 Å². The van der Waals surface area contributed by atoms with E-state index in [-0.39, 0.29) is 24.6 Å². The molecule has 0 spiro atoms. The molecule has 1 aromatic heterocycles. The minimum Gasteiger partial charge on any atom is -0.466 e. The van der Waals surface area contributed by atoms with Crippen LogP contribution in [0.5, 0.6) is 0 Å². The summed E-state index contributed by atoms with van der Waals surface area (Å²) in [6.07, 6.45) is 0.135. The molecular formula is C23H23N3O3. The van der Waals surface area contributed by atoms with Crippen LogP contribution in [-0.4, -0.2) is 21.7 Å². The number of nitrogens with two attached hydrogens (primary N) is 1. The molecular weight excluding hydrogens is 366 g/mol. The maximum absolute atomic E-state index is 13.2. The van der Waals surface area contributed by atoms with Gasteiger partial charge in [0.15, 0.2) is 0 Å². The zero-order valence-electron chi connectivity index (χ0n) is 16.3. The van der Waals surface area contributed by atoms with E-state index in [9.17, 15) is 9.59 Å². The van der Waals surface area contributed by atoms with E-state index < -0.39 is 0 Å². The van der Waals surface area contributed by atoms with Gasteiger partial charge in [0, 0.05) is 12.2 Å². The van der Waals surface area contributed by atoms with Gasteiger partial charge < -0.3 is 10.5 Å². The smallest absolute Gasteiger partial charge is 0.329 e. The van der Waals surface area contributed by atoms with Crippen LogP contribution < -0.4 is 11.4 Å². The highest BCUT2D eigenvalue weighted by atomic mass is 16.5. The number of anilines is 1. The number of nitrogen functional groups attached to an aromatic ring is 1. The van der Waals surface area contributed by atoms with Crippen molar-refractivity contribution in [2.45, 2.75) is 26.4 Å². The number of aromatic nitrogens is 2. The normalized spacial score (nSPS) is 11.2. The number of fused-ring (bicyclic) bond motifs is 2. The number of esters is 1. The SMILES string of the molecule is CCOC(=O)CCn1c(=O)n(Cc2cccc3ccccc23)c2ccc(N)cc21. The van der Waals surface area contributed by atoms with Crippen LogP contribution in [0, 0.1) is 0 Å². The van der Waals surface area contributed by atoms with Crippen molar-refractivity contribution >= 4 is 33.5 Å². The molecule has 3 aromatic carbocycles. The molecule has 29 heavy (non-hydrogen) atoms. The van der Waals surface area contributed by atoms with Gasteiger partial charge >= 0.3 is 11.7 Å². The number of nitrogens with zero attached hydrogens (tertiary/aromatic N) is 2. The number of hydrogen-bond donors (Lipinski definition) is 1. The highest BCUT2D eigenvalue weighted by Crippen LogP contribution is 2.22. The molecule has 4 aromatic rings. The molecule has 0 saturated carbocycles. The lowest BCUT2D eigenvalue weighted by Crippen LogP contribution is -2.26. The third-order valence-electron chi connectivity index (χ3n) is 5.10. The number of rotatable bonds is 6. The quantitative estimate of drug-likeness (QED) is 0.404. The van der Waals surface area contributed by atoms with Gasteiger partial charge in [0.1, 0.15) is 0 Å². The van der Waals surface area contributed by atoms with Crippen LogP contribution in [0.2, 0.25) is 0 Å². The van der Waals surface area contributed by atoms with Crippen molar-refractivity contribution in [3.05, 3.63) is 76.7 Å². The summed E-state index contributed by atoms with van der Waals surface area (Å²) in [4.78, 5) is 25.0. The van der Waals surface area contributed by atoms with Gasteiger partial charge in [-0.3, -0.25) is 13.9 Å². The second-order valence-electron chi connectivity index (χ2n) is 6.96. The molecule has 1 heterocycles. The predicted molar refractivity (Wildman–Crippen MR) is 115 cm³/mol. The Kier molecular flexibility index (Phi) is 5.08. The van der Waals surface area contributed by atoms with Crippen LogP contribution >= 0.6 is 0 Å². The first kappa shape index (κ1) is 18.8. The fourth-order valence-electron chi connectivity index (χ4n) is 3.74. The molecule has 0 atom stereocenters. The molecule has 0 aliphatic rings. The Morgan fingerprint density at radius 1 is 1.00 bits per heavy atom. The van der Waals surface area contributed by atoms with Crippen molar-refractivity contribution in [1.29, 1.82) is 0 Å². The van der Waals surface area contributed by atoms with Crippen molar-refractivity contribution in [2.24, 2.45) is 0 Å². The van der Waals surface area contributed by atoms with Crippen molar-refractivity contribution in [1.82, 2.24) is 9.13 Å². The fourth-order valence-corrected chi connectivity index (χ4v) is 3.74. The van der Waals surface area contributed by atoms with E-state index in [4.69, 9.17) is 10.5 Å². The topological polar surface area (TPSA) is 79.2 Å². The van der Waals surface area contributed by atoms with Gasteiger partial charge in [0.05, 0.1) is 30.6 Å². The van der Waals surface area contributed by atoms with Gasteiger partial charge in [0.25, 0.3) is 0 Å². The van der Waals surface area contributed by atoms with E-state index in [2.05, 4.69) is 18.2 Å². The molecule has 0 aliphatic carbocycles. The lowest BCUT2D eigenvalue weighted by Gasteiger charge is -2.08. The van der Waals surface area contributed by atoms with Crippen molar-refractivity contribution in [3.63, 3.8) is 0 Å². The maximum Gasteiger partial charge on any atom is 0.329 e. The average Bonchev–Trinajstić information content (AvgIpc) is 2.97. The summed E-state index contributed by atoms with van der Waals surface area (Å²) in [5.74, 6) is -0.321. The molecule has 2 N–H and O–H groups in total. The molecule has 0 bridgehead atoms. The monoisotopic (exact) mass is 389 g/mol. The molecule has 0 aliphatic heterocycles. The summed E-state index contributed by atoms with van der Waals surface area (Å²) in [6, 6.07) is 19.6. The first-order valence-electron chi connectivity index (χ1n) is 9.69. The van der Waals surface area contributed by atoms with Crippen LogP contribution in [-0.2, 0) is 22.6 Å². The lowest BCUT2D eigenvalue weighted by molar-refractivity contribution is -0.143. The Bertz CT molecular complexity index is 1250. The zero-order valence-corrected chi connectivity index (χ0v) is 16.3. The van der Waals surface area contributed by atoms with E-state index >= 15 is 0 Å². The molecule has 148 valence electrons. The predicted octanol–water partition coefficient (Wildman–Crippen LogP) is 3.54. The van der Waals surface area contributed by atoms with E-state index in [0.717, 1.165) is 27.4 Å². The lowest BCUT2D eigenvalue weighted by atomic mass is 10.0. The summed E-state index contributed by atoms with van der Waals surface area (Å²) < 4.78 is 8.35. The Morgan fingerprint density at radius 3 is 2.62 bits per heavy atom. The Morgan fingerprint density at radius 2 is 1.79 bits per heavy atom. The number of hydrogen-bond acceptors (Lipinski definition) is 4. The van der Waals surface area contributed by atoms with E-state index in [0.29, 0.717) is 18.8 Å². The third kappa shape index (κ3) is 3.61. The summed E-state index contributed by atoms with van der Waals surface area (Å²) in [5.41, 5.74) is 8.95. The number of aryl methyl sites for hydroxylation is 1. The van der Waals surface area contributed by atoms with Gasteiger partial charge in [-0.2, -0.15) is 0 Å². The number of benzene rings is 3. The van der Waals surface area contributed by atoms with Gasteiger partial charge in [-0.25, -0.2) is 4.79 Å². The van der Waals surface area contributed by atoms with Gasteiger partial charge in [-0.05, 0) is 41.5 Å². The molecule has 4 rings (SSSR count). The Hall–Kier alpha value is -3.54. The van der Waals surface area contributed by atoms with Crippen LogP contribution in [0.25, 0.3) is 21.8 Å². The maximum atomic E-state index is 13.2. The molecule has 0 fully saturated rings. The number of ether oxygens (including phenoxy) is 1. The number of imidazole rings is 1. The first-order chi connectivity index (χ1) is 14.1. The van der Waals surface area contributed by atoms with Crippen LogP contribution in [0.4, 0.5) is 5.69 Å².